The Morgan fingerprint density at radius 1 is 0.898 bits per heavy atom. The topological polar surface area (TPSA) is 298 Å². The summed E-state index contributed by atoms with van der Waals surface area (Å²) in [6.45, 7) is -0.106. The van der Waals surface area contributed by atoms with Crippen LogP contribution < -0.4 is 44.2 Å². The molecule has 0 spiro atoms. The van der Waals surface area contributed by atoms with Gasteiger partial charge in [-0.25, -0.2) is 0 Å². The van der Waals surface area contributed by atoms with Gasteiger partial charge in [-0.05, 0) is 65.9 Å². The maximum absolute atomic E-state index is 13.6. The van der Waals surface area contributed by atoms with Crippen LogP contribution in [0.3, 0.4) is 0 Å². The first-order chi connectivity index (χ1) is 21.8. The summed E-state index contributed by atoms with van der Waals surface area (Å²) in [5, 5.41) is 40.7. The Morgan fingerprint density at radius 2 is 1.47 bits per heavy atom. The molecule has 49 heavy (non-hydrogen) atoms. The van der Waals surface area contributed by atoms with E-state index in [2.05, 4.69) is 21.3 Å². The summed E-state index contributed by atoms with van der Waals surface area (Å²) in [7, 11) is 0. The molecule has 4 bridgehead atoms. The number of phenolic OH excluding ortho intramolecular Hbond substituents is 2. The second-order valence-corrected chi connectivity index (χ2v) is 11.1. The van der Waals surface area contributed by atoms with Gasteiger partial charge < -0.3 is 59.5 Å². The summed E-state index contributed by atoms with van der Waals surface area (Å²) < 4.78 is 0. The quantitative estimate of drug-likeness (QED) is 0.119. The number of primary amides is 1. The number of amides is 5. The zero-order chi connectivity index (χ0) is 34.0. The van der Waals surface area contributed by atoms with E-state index in [0.717, 1.165) is 0 Å². The summed E-state index contributed by atoms with van der Waals surface area (Å²) in [5.41, 5.74) is 24.4. The molecule has 2 aromatic carbocycles. The van der Waals surface area contributed by atoms with Gasteiger partial charge in [-0.1, -0.05) is 12.1 Å². The zero-order valence-corrected chi connectivity index (χ0v) is 28.9. The number of phenols is 2. The number of hydrogen-bond donors (Lipinski definition) is 11. The predicted octanol–water partition coefficient (Wildman–Crippen LogP) is -2.04. The van der Waals surface area contributed by atoms with Gasteiger partial charge in [0.15, 0.2) is 0 Å². The second-order valence-electron chi connectivity index (χ2n) is 11.1. The van der Waals surface area contributed by atoms with Crippen LogP contribution in [0.5, 0.6) is 11.5 Å². The van der Waals surface area contributed by atoms with E-state index in [1.807, 2.05) is 0 Å². The molecule has 1 heterocycles. The zero-order valence-electron chi connectivity index (χ0n) is 26.4. The maximum Gasteiger partial charge on any atom is 0.243 e. The highest BCUT2D eigenvalue weighted by molar-refractivity contribution is 5.96. The largest absolute Gasteiger partial charge is 0.508 e. The number of aliphatic hydroxyl groups is 1. The third-order valence-corrected chi connectivity index (χ3v) is 7.51. The minimum absolute atomic E-state index is 0. The normalized spacial score (nSPS) is 18.6. The molecule has 5 atom stereocenters. The smallest absolute Gasteiger partial charge is 0.243 e. The van der Waals surface area contributed by atoms with Gasteiger partial charge >= 0.3 is 0 Å². The summed E-state index contributed by atoms with van der Waals surface area (Å²) in [5.74, 6) is -4.39. The Hall–Kier alpha value is -3.90. The van der Waals surface area contributed by atoms with Crippen LogP contribution in [0.25, 0.3) is 11.1 Å². The number of carbonyl (C=O) groups is 5. The Morgan fingerprint density at radius 3 is 2.00 bits per heavy atom. The molecule has 2 aromatic rings. The van der Waals surface area contributed by atoms with Crippen molar-refractivity contribution in [1.82, 2.24) is 21.3 Å². The lowest BCUT2D eigenvalue weighted by atomic mass is 9.95. The Bertz CT molecular complexity index is 1450. The average molecular weight is 752 g/mol. The average Bonchev–Trinajstić information content (AvgIpc) is 3.02. The van der Waals surface area contributed by atoms with Crippen molar-refractivity contribution in [2.75, 3.05) is 19.6 Å². The number of hydrogen-bond acceptors (Lipinski definition) is 11. The molecule has 0 aliphatic carbocycles. The van der Waals surface area contributed by atoms with Crippen LogP contribution in [0.1, 0.15) is 30.4 Å². The predicted molar refractivity (Wildman–Crippen MR) is 188 cm³/mol. The van der Waals surface area contributed by atoms with E-state index in [0.29, 0.717) is 23.1 Å². The summed E-state index contributed by atoms with van der Waals surface area (Å²) in [6.07, 6.45) is -1.51. The summed E-state index contributed by atoms with van der Waals surface area (Å²) in [6, 6.07) is 4.07. The number of carbonyl (C=O) groups excluding carboxylic acids is 5. The number of benzene rings is 2. The van der Waals surface area contributed by atoms with Gasteiger partial charge in [0.1, 0.15) is 29.6 Å². The molecular formula is C30H45Cl3N8O8. The lowest BCUT2D eigenvalue weighted by molar-refractivity contribution is -0.134. The molecule has 1 aliphatic heterocycles. The van der Waals surface area contributed by atoms with Gasteiger partial charge in [-0.3, -0.25) is 24.0 Å². The third-order valence-electron chi connectivity index (χ3n) is 7.51. The SMILES string of the molecule is Cl.Cl.Cl.NCCC[C@@H]1NC(=O)[C@@H](N)Cc2cc(ccc2O)-c2ccc(O)c(c2)C[C@@H](C(=O)N[C@@H](CC(=O)NCC(O)CN)C(N)=O)NC1=O. The fraction of sp³-hybridized carbons (Fsp3) is 0.433. The number of nitrogens with two attached hydrogens (primary N) is 4. The number of aromatic hydroxyl groups is 2. The molecule has 16 nitrogen and oxygen atoms in total. The lowest BCUT2D eigenvalue weighted by Gasteiger charge is -2.26. The van der Waals surface area contributed by atoms with Crippen molar-refractivity contribution < 1.29 is 39.3 Å². The first-order valence-electron chi connectivity index (χ1n) is 14.8. The molecule has 0 saturated heterocycles. The molecule has 3 rings (SSSR count). The van der Waals surface area contributed by atoms with Crippen molar-refractivity contribution in [3.05, 3.63) is 47.5 Å². The van der Waals surface area contributed by atoms with Gasteiger partial charge in [0.2, 0.25) is 29.5 Å². The molecular weight excluding hydrogens is 707 g/mol. The van der Waals surface area contributed by atoms with E-state index < -0.39 is 66.2 Å². The van der Waals surface area contributed by atoms with Gasteiger partial charge in [0.25, 0.3) is 0 Å². The maximum atomic E-state index is 13.6. The van der Waals surface area contributed by atoms with Crippen LogP contribution in [0.15, 0.2) is 36.4 Å². The molecule has 274 valence electrons. The molecule has 1 aliphatic rings. The van der Waals surface area contributed by atoms with Gasteiger partial charge in [0, 0.05) is 25.9 Å². The highest BCUT2D eigenvalue weighted by Crippen LogP contribution is 2.31. The van der Waals surface area contributed by atoms with Crippen LogP contribution in [0.2, 0.25) is 0 Å². The summed E-state index contributed by atoms with van der Waals surface area (Å²) >= 11 is 0. The van der Waals surface area contributed by atoms with E-state index >= 15 is 0 Å². The molecule has 5 amide bonds. The Labute approximate surface area is 301 Å². The van der Waals surface area contributed by atoms with Crippen molar-refractivity contribution in [1.29, 1.82) is 0 Å². The monoisotopic (exact) mass is 750 g/mol. The molecule has 1 unspecified atom stereocenters. The fourth-order valence-electron chi connectivity index (χ4n) is 4.83. The van der Waals surface area contributed by atoms with Crippen LogP contribution in [-0.2, 0) is 36.8 Å². The van der Waals surface area contributed by atoms with Gasteiger partial charge in [-0.2, -0.15) is 0 Å². The molecule has 0 saturated carbocycles. The minimum atomic E-state index is -1.50. The number of aliphatic hydroxyl groups excluding tert-OH is 1. The van der Waals surface area contributed by atoms with Crippen LogP contribution in [0.4, 0.5) is 0 Å². The second kappa shape index (κ2) is 21.2. The lowest BCUT2D eigenvalue weighted by Crippen LogP contribution is -2.58. The number of nitrogens with one attached hydrogen (secondary N) is 4. The van der Waals surface area contributed by atoms with E-state index in [1.165, 1.54) is 12.1 Å². The number of halogens is 3. The Balaban J connectivity index is 0.00000768. The molecule has 0 aromatic heterocycles. The van der Waals surface area contributed by atoms with E-state index in [1.54, 1.807) is 24.3 Å². The van der Waals surface area contributed by atoms with Crippen LogP contribution >= 0.6 is 37.2 Å². The molecule has 19 heteroatoms. The minimum Gasteiger partial charge on any atom is -0.508 e. The van der Waals surface area contributed by atoms with Crippen molar-refractivity contribution in [2.45, 2.75) is 62.4 Å². The highest BCUT2D eigenvalue weighted by Gasteiger charge is 2.32. The van der Waals surface area contributed by atoms with Crippen molar-refractivity contribution in [3.8, 4) is 22.6 Å². The first kappa shape index (κ1) is 45.1. The van der Waals surface area contributed by atoms with Crippen molar-refractivity contribution in [3.63, 3.8) is 0 Å². The summed E-state index contributed by atoms with van der Waals surface area (Å²) in [4.78, 5) is 64.8. The first-order valence-corrected chi connectivity index (χ1v) is 14.8. The third kappa shape index (κ3) is 13.1. The van der Waals surface area contributed by atoms with E-state index in [4.69, 9.17) is 22.9 Å². The van der Waals surface area contributed by atoms with Crippen molar-refractivity contribution in [2.24, 2.45) is 22.9 Å². The van der Waals surface area contributed by atoms with E-state index in [9.17, 15) is 39.3 Å². The van der Waals surface area contributed by atoms with Crippen LogP contribution in [0, 0.1) is 0 Å². The van der Waals surface area contributed by atoms with Gasteiger partial charge in [0.05, 0.1) is 18.6 Å². The number of rotatable bonds is 11. The molecule has 0 radical (unpaired) electrons. The molecule has 15 N–H and O–H groups in total. The highest BCUT2D eigenvalue weighted by atomic mass is 35.5. The van der Waals surface area contributed by atoms with Crippen molar-refractivity contribution >= 4 is 66.8 Å². The number of fused-ring (bicyclic) bond motifs is 5. The van der Waals surface area contributed by atoms with E-state index in [-0.39, 0.29) is 93.2 Å². The Kier molecular flexibility index (Phi) is 19.6. The molecule has 0 fully saturated rings. The van der Waals surface area contributed by atoms with Crippen LogP contribution in [-0.4, -0.2) is 94.8 Å². The standard InChI is InChI=1S/C30H42N8O8.3ClH/c31-7-1-2-21-29(45)38-23(30(46)37-22(27(34)43)12-26(42)35-14-19(39)13-32)11-18-9-16(4-6-25(18)41)15-3-5-24(40)17(8-15)10-20(33)28(44)36-21;;;/h3-6,8-9,19-23,39-41H,1-2,7,10-14,31-33H2,(H2,34,43)(H,35,42)(H,36,44)(H,37,46)(H,38,45);3*1H/t19?,20-,21-,22-,23-;;;/m0.../s1. The van der Waals surface area contributed by atoms with Gasteiger partial charge in [-0.15, -0.1) is 37.2 Å². The fourth-order valence-corrected chi connectivity index (χ4v) is 4.83.